The summed E-state index contributed by atoms with van der Waals surface area (Å²) in [5.41, 5.74) is 8.54. The number of anilines is 1. The minimum absolute atomic E-state index is 0.260. The molecule has 0 fully saturated rings. The van der Waals surface area contributed by atoms with Gasteiger partial charge in [0.2, 0.25) is 0 Å². The van der Waals surface area contributed by atoms with Crippen LogP contribution in [0.2, 0.25) is 0 Å². The maximum atomic E-state index is 5.95. The monoisotopic (exact) mass is 217 g/mol. The highest BCUT2D eigenvalue weighted by Gasteiger charge is 2.33. The molecule has 0 bridgehead atoms. The number of rotatable bonds is 1. The molecule has 1 aromatic rings. The topological polar surface area (TPSA) is 50.9 Å². The fourth-order valence-electron chi connectivity index (χ4n) is 2.55. The molecular formula is C12H15N3O. The van der Waals surface area contributed by atoms with Gasteiger partial charge in [-0.05, 0) is 23.8 Å². The Bertz CT molecular complexity index is 456. The average Bonchev–Trinajstić information content (AvgIpc) is 2.68. The van der Waals surface area contributed by atoms with E-state index in [2.05, 4.69) is 22.0 Å². The summed E-state index contributed by atoms with van der Waals surface area (Å²) in [6.07, 6.45) is 0.946. The van der Waals surface area contributed by atoms with Crippen molar-refractivity contribution >= 4 is 11.5 Å². The van der Waals surface area contributed by atoms with E-state index in [9.17, 15) is 0 Å². The first-order chi connectivity index (χ1) is 7.79. The molecular weight excluding hydrogens is 202 g/mol. The van der Waals surface area contributed by atoms with Gasteiger partial charge in [-0.2, -0.15) is 0 Å². The molecule has 3 rings (SSSR count). The molecule has 0 radical (unpaired) electrons. The van der Waals surface area contributed by atoms with Crippen LogP contribution in [0, 0.1) is 0 Å². The smallest absolute Gasteiger partial charge is 0.119 e. The van der Waals surface area contributed by atoms with Crippen molar-refractivity contribution in [2.24, 2.45) is 10.7 Å². The number of amidine groups is 1. The Labute approximate surface area is 94.7 Å². The number of ether oxygens (including phenoxy) is 1. The SMILES string of the molecule is COc1ccc2c(c1)CC1C(N)=NCCN21. The van der Waals surface area contributed by atoms with Crippen LogP contribution in [0.15, 0.2) is 23.2 Å². The minimum atomic E-state index is 0.260. The minimum Gasteiger partial charge on any atom is -0.497 e. The first kappa shape index (κ1) is 9.51. The number of nitrogens with zero attached hydrogens (tertiary/aromatic N) is 2. The first-order valence-electron chi connectivity index (χ1n) is 5.53. The summed E-state index contributed by atoms with van der Waals surface area (Å²) in [6.45, 7) is 1.76. The summed E-state index contributed by atoms with van der Waals surface area (Å²) < 4.78 is 5.24. The molecule has 4 nitrogen and oxygen atoms in total. The molecule has 0 aromatic heterocycles. The highest BCUT2D eigenvalue weighted by Crippen LogP contribution is 2.35. The number of hydrogen-bond donors (Lipinski definition) is 1. The summed E-state index contributed by atoms with van der Waals surface area (Å²) in [5, 5.41) is 0. The van der Waals surface area contributed by atoms with Crippen molar-refractivity contribution in [3.8, 4) is 5.75 Å². The Morgan fingerprint density at radius 1 is 1.50 bits per heavy atom. The number of aliphatic imine (C=N–C) groups is 1. The number of methoxy groups -OCH3 is 1. The lowest BCUT2D eigenvalue weighted by Crippen LogP contribution is -2.47. The van der Waals surface area contributed by atoms with Gasteiger partial charge in [-0.15, -0.1) is 0 Å². The Kier molecular flexibility index (Phi) is 2.02. The summed E-state index contributed by atoms with van der Waals surface area (Å²) >= 11 is 0. The van der Waals surface area contributed by atoms with Gasteiger partial charge in [0.05, 0.1) is 19.7 Å². The van der Waals surface area contributed by atoms with Gasteiger partial charge in [0, 0.05) is 18.7 Å². The van der Waals surface area contributed by atoms with E-state index < -0.39 is 0 Å². The number of benzene rings is 1. The number of hydrogen-bond acceptors (Lipinski definition) is 4. The zero-order valence-corrected chi connectivity index (χ0v) is 9.31. The van der Waals surface area contributed by atoms with Crippen LogP contribution < -0.4 is 15.4 Å². The number of fused-ring (bicyclic) bond motifs is 3. The van der Waals surface area contributed by atoms with Crippen LogP contribution in [0.4, 0.5) is 5.69 Å². The van der Waals surface area contributed by atoms with E-state index in [4.69, 9.17) is 10.5 Å². The van der Waals surface area contributed by atoms with Crippen molar-refractivity contribution in [2.75, 3.05) is 25.1 Å². The van der Waals surface area contributed by atoms with E-state index in [1.807, 2.05) is 6.07 Å². The van der Waals surface area contributed by atoms with Gasteiger partial charge in [-0.25, -0.2) is 0 Å². The van der Waals surface area contributed by atoms with Gasteiger partial charge in [-0.3, -0.25) is 4.99 Å². The Morgan fingerprint density at radius 3 is 3.19 bits per heavy atom. The van der Waals surface area contributed by atoms with E-state index >= 15 is 0 Å². The molecule has 16 heavy (non-hydrogen) atoms. The molecule has 1 aromatic carbocycles. The van der Waals surface area contributed by atoms with Crippen LogP contribution in [-0.2, 0) is 6.42 Å². The van der Waals surface area contributed by atoms with E-state index in [0.29, 0.717) is 0 Å². The predicted molar refractivity (Wildman–Crippen MR) is 64.3 cm³/mol. The highest BCUT2D eigenvalue weighted by atomic mass is 16.5. The van der Waals surface area contributed by atoms with Crippen LogP contribution in [0.3, 0.4) is 0 Å². The molecule has 2 aliphatic heterocycles. The van der Waals surface area contributed by atoms with Crippen LogP contribution in [0.1, 0.15) is 5.56 Å². The quantitative estimate of drug-likeness (QED) is 0.757. The molecule has 2 heterocycles. The molecule has 1 atom stereocenters. The van der Waals surface area contributed by atoms with Gasteiger partial charge in [0.1, 0.15) is 11.6 Å². The van der Waals surface area contributed by atoms with Crippen molar-refractivity contribution in [1.29, 1.82) is 0 Å². The third-order valence-electron chi connectivity index (χ3n) is 3.36. The van der Waals surface area contributed by atoms with E-state index in [0.717, 1.165) is 31.1 Å². The third kappa shape index (κ3) is 1.26. The lowest BCUT2D eigenvalue weighted by Gasteiger charge is -2.30. The van der Waals surface area contributed by atoms with Crippen molar-refractivity contribution in [1.82, 2.24) is 0 Å². The normalized spacial score (nSPS) is 22.4. The van der Waals surface area contributed by atoms with Crippen molar-refractivity contribution < 1.29 is 4.74 Å². The van der Waals surface area contributed by atoms with Crippen LogP contribution in [-0.4, -0.2) is 32.1 Å². The number of nitrogens with two attached hydrogens (primary N) is 1. The van der Waals surface area contributed by atoms with Crippen LogP contribution in [0.25, 0.3) is 0 Å². The summed E-state index contributed by atoms with van der Waals surface area (Å²) in [7, 11) is 1.69. The summed E-state index contributed by atoms with van der Waals surface area (Å²) in [5.74, 6) is 1.68. The molecule has 1 unspecified atom stereocenters. The molecule has 0 aliphatic carbocycles. The Hall–Kier alpha value is -1.71. The zero-order chi connectivity index (χ0) is 11.1. The Morgan fingerprint density at radius 2 is 2.38 bits per heavy atom. The molecule has 2 aliphatic rings. The molecule has 0 amide bonds. The summed E-state index contributed by atoms with van der Waals surface area (Å²) in [6, 6.07) is 6.48. The van der Waals surface area contributed by atoms with E-state index in [-0.39, 0.29) is 6.04 Å². The van der Waals surface area contributed by atoms with Crippen molar-refractivity contribution in [3.05, 3.63) is 23.8 Å². The largest absolute Gasteiger partial charge is 0.497 e. The van der Waals surface area contributed by atoms with Crippen LogP contribution in [0.5, 0.6) is 5.75 Å². The van der Waals surface area contributed by atoms with Gasteiger partial charge < -0.3 is 15.4 Å². The standard InChI is InChI=1S/C12H15N3O/c1-16-9-2-3-10-8(6-9)7-11-12(13)14-4-5-15(10)11/h2-3,6,11H,4-5,7H2,1H3,(H2,13,14). The van der Waals surface area contributed by atoms with Gasteiger partial charge in [0.25, 0.3) is 0 Å². The maximum absolute atomic E-state index is 5.95. The molecule has 0 saturated heterocycles. The van der Waals surface area contributed by atoms with E-state index in [1.165, 1.54) is 11.3 Å². The Balaban J connectivity index is 2.01. The second-order valence-electron chi connectivity index (χ2n) is 4.21. The van der Waals surface area contributed by atoms with Gasteiger partial charge in [0.15, 0.2) is 0 Å². The lowest BCUT2D eigenvalue weighted by molar-refractivity contribution is 0.414. The van der Waals surface area contributed by atoms with Gasteiger partial charge in [-0.1, -0.05) is 0 Å². The molecule has 84 valence electrons. The predicted octanol–water partition coefficient (Wildman–Crippen LogP) is 0.797. The third-order valence-corrected chi connectivity index (χ3v) is 3.36. The lowest BCUT2D eigenvalue weighted by atomic mass is 10.1. The highest BCUT2D eigenvalue weighted by molar-refractivity contribution is 5.92. The molecule has 4 heteroatoms. The fourth-order valence-corrected chi connectivity index (χ4v) is 2.55. The maximum Gasteiger partial charge on any atom is 0.119 e. The summed E-state index contributed by atoms with van der Waals surface area (Å²) in [4.78, 5) is 6.66. The molecule has 0 spiro atoms. The second kappa shape index (κ2) is 3.40. The van der Waals surface area contributed by atoms with Gasteiger partial charge >= 0.3 is 0 Å². The zero-order valence-electron chi connectivity index (χ0n) is 9.31. The second-order valence-corrected chi connectivity index (χ2v) is 4.21. The van der Waals surface area contributed by atoms with Crippen molar-refractivity contribution in [2.45, 2.75) is 12.5 Å². The molecule has 2 N–H and O–H groups in total. The van der Waals surface area contributed by atoms with Crippen molar-refractivity contribution in [3.63, 3.8) is 0 Å². The molecule has 0 saturated carbocycles. The fraction of sp³-hybridized carbons (Fsp3) is 0.417. The average molecular weight is 217 g/mol. The van der Waals surface area contributed by atoms with E-state index in [1.54, 1.807) is 7.11 Å². The van der Waals surface area contributed by atoms with Crippen LogP contribution >= 0.6 is 0 Å². The first-order valence-corrected chi connectivity index (χ1v) is 5.53.